The van der Waals surface area contributed by atoms with Crippen molar-refractivity contribution >= 4 is 28.9 Å². The van der Waals surface area contributed by atoms with E-state index >= 15 is 0 Å². The first kappa shape index (κ1) is 18.0. The number of nitrogens with zero attached hydrogens (tertiary/aromatic N) is 2. The third-order valence-electron chi connectivity index (χ3n) is 5.03. The van der Waals surface area contributed by atoms with Crippen LogP contribution in [0.2, 0.25) is 0 Å². The molecule has 138 valence electrons. The van der Waals surface area contributed by atoms with E-state index < -0.39 is 0 Å². The lowest BCUT2D eigenvalue weighted by Gasteiger charge is -2.32. The lowest BCUT2D eigenvalue weighted by atomic mass is 9.90. The number of hydrogen-bond donors (Lipinski definition) is 0. The molecule has 0 radical (unpaired) electrons. The van der Waals surface area contributed by atoms with Crippen LogP contribution in [0.5, 0.6) is 0 Å². The van der Waals surface area contributed by atoms with Crippen LogP contribution < -0.4 is 0 Å². The third kappa shape index (κ3) is 4.48. The molecule has 2 aromatic rings. The first-order valence-electron chi connectivity index (χ1n) is 9.24. The van der Waals surface area contributed by atoms with E-state index in [1.165, 1.54) is 29.5 Å². The molecule has 0 spiro atoms. The minimum Gasteiger partial charge on any atom is -0.351 e. The molecule has 27 heavy (non-hydrogen) atoms. The molecule has 1 amide bonds. The predicted octanol–water partition coefficient (Wildman–Crippen LogP) is 4.75. The number of amidine groups is 1. The standard InChI is InChI=1S/C22H21FN2OS/c23-19-8-6-17(7-9-19)15-20-21(26)24-22(27-20)25-12-10-18(11-13-25)14-16-4-2-1-3-5-16/h1-9,15,18H,10-14H2/b20-15-. The quantitative estimate of drug-likeness (QED) is 0.721. The number of rotatable bonds is 3. The predicted molar refractivity (Wildman–Crippen MR) is 109 cm³/mol. The van der Waals surface area contributed by atoms with Gasteiger partial charge in [-0.1, -0.05) is 42.5 Å². The molecule has 0 bridgehead atoms. The van der Waals surface area contributed by atoms with Crippen molar-refractivity contribution < 1.29 is 9.18 Å². The van der Waals surface area contributed by atoms with E-state index in [0.717, 1.165) is 43.1 Å². The maximum atomic E-state index is 13.0. The second-order valence-corrected chi connectivity index (χ2v) is 7.99. The van der Waals surface area contributed by atoms with Gasteiger partial charge in [0.15, 0.2) is 5.17 Å². The zero-order valence-corrected chi connectivity index (χ0v) is 15.8. The van der Waals surface area contributed by atoms with Crippen LogP contribution in [0.3, 0.4) is 0 Å². The summed E-state index contributed by atoms with van der Waals surface area (Å²) in [6.45, 7) is 1.86. The maximum Gasteiger partial charge on any atom is 0.286 e. The normalized spacial score (nSPS) is 19.6. The number of halogens is 1. The van der Waals surface area contributed by atoms with Crippen molar-refractivity contribution in [2.24, 2.45) is 10.9 Å². The molecule has 1 fully saturated rings. The number of hydrogen-bond acceptors (Lipinski definition) is 3. The van der Waals surface area contributed by atoms with Crippen molar-refractivity contribution in [3.8, 4) is 0 Å². The highest BCUT2D eigenvalue weighted by Gasteiger charge is 2.29. The molecular weight excluding hydrogens is 359 g/mol. The highest BCUT2D eigenvalue weighted by atomic mass is 32.2. The number of carbonyl (C=O) groups is 1. The second-order valence-electron chi connectivity index (χ2n) is 6.98. The number of piperidine rings is 1. The molecule has 2 aliphatic heterocycles. The van der Waals surface area contributed by atoms with E-state index in [1.807, 2.05) is 0 Å². The number of thioether (sulfide) groups is 1. The molecule has 0 unspecified atom stereocenters. The molecular formula is C22H21FN2OS. The Bertz CT molecular complexity index is 869. The zero-order chi connectivity index (χ0) is 18.6. The van der Waals surface area contributed by atoms with Gasteiger partial charge in [0.05, 0.1) is 4.91 Å². The highest BCUT2D eigenvalue weighted by Crippen LogP contribution is 2.32. The van der Waals surface area contributed by atoms with Gasteiger partial charge < -0.3 is 4.90 Å². The number of amides is 1. The smallest absolute Gasteiger partial charge is 0.286 e. The monoisotopic (exact) mass is 380 g/mol. The van der Waals surface area contributed by atoms with E-state index in [0.29, 0.717) is 10.8 Å². The summed E-state index contributed by atoms with van der Waals surface area (Å²) < 4.78 is 13.0. The zero-order valence-electron chi connectivity index (χ0n) is 15.0. The van der Waals surface area contributed by atoms with Crippen LogP contribution in [0.25, 0.3) is 6.08 Å². The Balaban J connectivity index is 1.34. The molecule has 5 heteroatoms. The molecule has 4 rings (SSSR count). The van der Waals surface area contributed by atoms with Crippen molar-refractivity contribution in [1.82, 2.24) is 4.90 Å². The summed E-state index contributed by atoms with van der Waals surface area (Å²) in [7, 11) is 0. The Kier molecular flexibility index (Phi) is 5.39. The van der Waals surface area contributed by atoms with Crippen molar-refractivity contribution in [2.75, 3.05) is 13.1 Å². The van der Waals surface area contributed by atoms with Crippen molar-refractivity contribution in [3.63, 3.8) is 0 Å². The van der Waals surface area contributed by atoms with Crippen LogP contribution in [0, 0.1) is 11.7 Å². The van der Waals surface area contributed by atoms with Crippen molar-refractivity contribution in [1.29, 1.82) is 0 Å². The van der Waals surface area contributed by atoms with E-state index in [-0.39, 0.29) is 11.7 Å². The fraction of sp³-hybridized carbons (Fsp3) is 0.273. The molecule has 3 nitrogen and oxygen atoms in total. The summed E-state index contributed by atoms with van der Waals surface area (Å²) in [5.41, 5.74) is 2.20. The molecule has 0 aromatic heterocycles. The average Bonchev–Trinajstić information content (AvgIpc) is 3.05. The van der Waals surface area contributed by atoms with E-state index in [9.17, 15) is 9.18 Å². The molecule has 0 aliphatic carbocycles. The van der Waals surface area contributed by atoms with Crippen molar-refractivity contribution in [3.05, 3.63) is 76.4 Å². The van der Waals surface area contributed by atoms with Crippen LogP contribution in [-0.4, -0.2) is 29.1 Å². The van der Waals surface area contributed by atoms with Gasteiger partial charge in [0.1, 0.15) is 5.82 Å². The van der Waals surface area contributed by atoms with Gasteiger partial charge in [-0.2, -0.15) is 4.99 Å². The molecule has 2 aliphatic rings. The maximum absolute atomic E-state index is 13.0. The van der Waals surface area contributed by atoms with Crippen LogP contribution in [0.1, 0.15) is 24.0 Å². The van der Waals surface area contributed by atoms with Gasteiger partial charge in [-0.15, -0.1) is 0 Å². The average molecular weight is 380 g/mol. The summed E-state index contributed by atoms with van der Waals surface area (Å²) in [5, 5.41) is 0.798. The largest absolute Gasteiger partial charge is 0.351 e. The van der Waals surface area contributed by atoms with Gasteiger partial charge in [0.25, 0.3) is 5.91 Å². The first-order valence-corrected chi connectivity index (χ1v) is 10.1. The third-order valence-corrected chi connectivity index (χ3v) is 6.07. The van der Waals surface area contributed by atoms with E-state index in [4.69, 9.17) is 0 Å². The Hall–Kier alpha value is -2.40. The second kappa shape index (κ2) is 8.09. The lowest BCUT2D eigenvalue weighted by molar-refractivity contribution is -0.113. The van der Waals surface area contributed by atoms with Gasteiger partial charge in [0.2, 0.25) is 0 Å². The first-order chi connectivity index (χ1) is 13.2. The minimum atomic E-state index is -0.280. The van der Waals surface area contributed by atoms with Gasteiger partial charge in [0, 0.05) is 13.1 Å². The summed E-state index contributed by atoms with van der Waals surface area (Å²) in [5.74, 6) is 0.198. The molecule has 0 atom stereocenters. The summed E-state index contributed by atoms with van der Waals surface area (Å²) in [4.78, 5) is 19.3. The molecule has 2 aromatic carbocycles. The lowest BCUT2D eigenvalue weighted by Crippen LogP contribution is -2.37. The Morgan fingerprint density at radius 3 is 2.48 bits per heavy atom. The van der Waals surface area contributed by atoms with Crippen molar-refractivity contribution in [2.45, 2.75) is 19.3 Å². The number of carbonyl (C=O) groups excluding carboxylic acids is 1. The van der Waals surface area contributed by atoms with Crippen LogP contribution in [0.4, 0.5) is 4.39 Å². The minimum absolute atomic E-state index is 0.203. The number of benzene rings is 2. The fourth-order valence-electron chi connectivity index (χ4n) is 3.52. The summed E-state index contributed by atoms with van der Waals surface area (Å²) >= 11 is 1.42. The molecule has 0 saturated carbocycles. The van der Waals surface area contributed by atoms with E-state index in [1.54, 1.807) is 18.2 Å². The van der Waals surface area contributed by atoms with E-state index in [2.05, 4.69) is 40.2 Å². The highest BCUT2D eigenvalue weighted by molar-refractivity contribution is 8.18. The SMILES string of the molecule is O=C1N=C(N2CCC(Cc3ccccc3)CC2)S/C1=C\c1ccc(F)cc1. The number of likely N-dealkylation sites (tertiary alicyclic amines) is 1. The van der Waals surface area contributed by atoms with Crippen LogP contribution in [0.15, 0.2) is 64.5 Å². The molecule has 1 saturated heterocycles. The summed E-state index contributed by atoms with van der Waals surface area (Å²) in [6, 6.07) is 16.8. The Morgan fingerprint density at radius 1 is 1.07 bits per heavy atom. The van der Waals surface area contributed by atoms with Gasteiger partial charge in [-0.05, 0) is 66.3 Å². The molecule has 0 N–H and O–H groups in total. The molecule has 2 heterocycles. The summed E-state index contributed by atoms with van der Waals surface area (Å²) in [6.07, 6.45) is 5.12. The fourth-order valence-corrected chi connectivity index (χ4v) is 4.48. The van der Waals surface area contributed by atoms with Gasteiger partial charge in [-0.3, -0.25) is 4.79 Å². The Morgan fingerprint density at radius 2 is 1.78 bits per heavy atom. The number of aliphatic imine (C=N–C) groups is 1. The van der Waals surface area contributed by atoms with Gasteiger partial charge in [-0.25, -0.2) is 4.39 Å². The van der Waals surface area contributed by atoms with Crippen LogP contribution >= 0.6 is 11.8 Å². The van der Waals surface area contributed by atoms with Gasteiger partial charge >= 0.3 is 0 Å². The topological polar surface area (TPSA) is 32.7 Å². The Labute approximate surface area is 163 Å². The van der Waals surface area contributed by atoms with Crippen LogP contribution in [-0.2, 0) is 11.2 Å².